The molecule has 0 aliphatic heterocycles. The van der Waals surface area contributed by atoms with Crippen LogP contribution in [0.15, 0.2) is 24.3 Å². The minimum atomic E-state index is -0.250. The Morgan fingerprint density at radius 2 is 2.27 bits per heavy atom. The van der Waals surface area contributed by atoms with E-state index in [9.17, 15) is 4.39 Å². The molecule has 1 aliphatic rings. The molecule has 0 heterocycles. The summed E-state index contributed by atoms with van der Waals surface area (Å²) in [7, 11) is 0. The summed E-state index contributed by atoms with van der Waals surface area (Å²) in [6.45, 7) is 0.618. The minimum absolute atomic E-state index is 0.216. The average Bonchev–Trinajstić information content (AvgIpc) is 2.17. The summed E-state index contributed by atoms with van der Waals surface area (Å²) in [5.41, 5.74) is 0.531. The number of hydrogen-bond acceptors (Lipinski definition) is 2. The van der Waals surface area contributed by atoms with Gasteiger partial charge in [0.15, 0.2) is 0 Å². The van der Waals surface area contributed by atoms with Crippen molar-refractivity contribution in [3.05, 3.63) is 30.1 Å². The van der Waals surface area contributed by atoms with E-state index in [1.165, 1.54) is 12.1 Å². The van der Waals surface area contributed by atoms with Gasteiger partial charge in [-0.05, 0) is 31.0 Å². The maximum atomic E-state index is 12.9. The molecule has 0 aromatic heterocycles. The van der Waals surface area contributed by atoms with Crippen LogP contribution in [0.2, 0.25) is 0 Å². The second-order valence-electron chi connectivity index (χ2n) is 4.11. The van der Waals surface area contributed by atoms with Crippen molar-refractivity contribution < 1.29 is 4.39 Å². The van der Waals surface area contributed by atoms with Gasteiger partial charge in [-0.25, -0.2) is 4.39 Å². The van der Waals surface area contributed by atoms with Crippen molar-refractivity contribution in [2.75, 3.05) is 11.9 Å². The fourth-order valence-corrected chi connectivity index (χ4v) is 1.80. The normalized spacial score (nSPS) is 17.6. The van der Waals surface area contributed by atoms with Crippen LogP contribution in [0.3, 0.4) is 0 Å². The zero-order chi connectivity index (χ0) is 10.7. The molecule has 0 unspecified atom stereocenters. The SMILES string of the molecule is N#CC1(CNc2cccc(F)c2)CCC1. The maximum absolute atomic E-state index is 12.9. The molecule has 2 nitrogen and oxygen atoms in total. The quantitative estimate of drug-likeness (QED) is 0.821. The number of nitrogens with zero attached hydrogens (tertiary/aromatic N) is 1. The lowest BCUT2D eigenvalue weighted by molar-refractivity contribution is 0.233. The van der Waals surface area contributed by atoms with E-state index in [0.29, 0.717) is 6.54 Å². The van der Waals surface area contributed by atoms with Gasteiger partial charge in [-0.2, -0.15) is 5.26 Å². The van der Waals surface area contributed by atoms with E-state index in [2.05, 4.69) is 11.4 Å². The molecule has 1 fully saturated rings. The lowest BCUT2D eigenvalue weighted by atomic mass is 9.70. The minimum Gasteiger partial charge on any atom is -0.383 e. The van der Waals surface area contributed by atoms with Crippen LogP contribution in [-0.4, -0.2) is 6.54 Å². The zero-order valence-corrected chi connectivity index (χ0v) is 8.46. The highest BCUT2D eigenvalue weighted by Crippen LogP contribution is 2.40. The summed E-state index contributed by atoms with van der Waals surface area (Å²) in [4.78, 5) is 0. The van der Waals surface area contributed by atoms with Crippen LogP contribution in [-0.2, 0) is 0 Å². The average molecular weight is 204 g/mol. The molecule has 2 rings (SSSR count). The summed E-state index contributed by atoms with van der Waals surface area (Å²) in [6, 6.07) is 8.68. The second kappa shape index (κ2) is 3.90. The van der Waals surface area contributed by atoms with Crippen LogP contribution in [0.5, 0.6) is 0 Å². The Bertz CT molecular complexity index is 391. The van der Waals surface area contributed by atoms with E-state index in [-0.39, 0.29) is 11.2 Å². The smallest absolute Gasteiger partial charge is 0.125 e. The largest absolute Gasteiger partial charge is 0.383 e. The molecule has 0 radical (unpaired) electrons. The third-order valence-corrected chi connectivity index (χ3v) is 3.00. The predicted molar refractivity (Wildman–Crippen MR) is 56.8 cm³/mol. The Labute approximate surface area is 88.7 Å². The third-order valence-electron chi connectivity index (χ3n) is 3.00. The van der Waals surface area contributed by atoms with Crippen LogP contribution < -0.4 is 5.32 Å². The summed E-state index contributed by atoms with van der Waals surface area (Å²) >= 11 is 0. The Balaban J connectivity index is 1.96. The monoisotopic (exact) mass is 204 g/mol. The number of anilines is 1. The fourth-order valence-electron chi connectivity index (χ4n) is 1.80. The van der Waals surface area contributed by atoms with Gasteiger partial charge in [0.2, 0.25) is 0 Å². The molecule has 0 atom stereocenters. The Kier molecular flexibility index (Phi) is 2.59. The lowest BCUT2D eigenvalue weighted by Crippen LogP contribution is -2.35. The Morgan fingerprint density at radius 3 is 2.80 bits per heavy atom. The van der Waals surface area contributed by atoms with Crippen LogP contribution in [0.25, 0.3) is 0 Å². The summed E-state index contributed by atoms with van der Waals surface area (Å²) in [6.07, 6.45) is 3.02. The third kappa shape index (κ3) is 2.10. The van der Waals surface area contributed by atoms with E-state index in [1.807, 2.05) is 6.07 Å². The van der Waals surface area contributed by atoms with Gasteiger partial charge in [0, 0.05) is 12.2 Å². The Hall–Kier alpha value is -1.56. The standard InChI is InChI=1S/C12H13FN2/c13-10-3-1-4-11(7-10)15-9-12(8-14)5-2-6-12/h1,3-4,7,15H,2,5-6,9H2. The number of nitrogens with one attached hydrogen (secondary N) is 1. The predicted octanol–water partition coefficient (Wildman–Crippen LogP) is 2.93. The first-order valence-electron chi connectivity index (χ1n) is 5.15. The van der Waals surface area contributed by atoms with Crippen molar-refractivity contribution in [1.82, 2.24) is 0 Å². The van der Waals surface area contributed by atoms with Crippen molar-refractivity contribution in [3.8, 4) is 6.07 Å². The molecule has 3 heteroatoms. The van der Waals surface area contributed by atoms with Crippen LogP contribution in [0.4, 0.5) is 10.1 Å². The number of nitriles is 1. The molecule has 0 amide bonds. The first kappa shape index (κ1) is 9.97. The van der Waals surface area contributed by atoms with Gasteiger partial charge in [0.1, 0.15) is 5.82 Å². The molecule has 0 spiro atoms. The van der Waals surface area contributed by atoms with Gasteiger partial charge in [0.05, 0.1) is 11.5 Å². The van der Waals surface area contributed by atoms with Crippen LogP contribution in [0, 0.1) is 22.6 Å². The van der Waals surface area contributed by atoms with E-state index in [0.717, 1.165) is 24.9 Å². The van der Waals surface area contributed by atoms with E-state index in [1.54, 1.807) is 6.07 Å². The molecule has 1 aromatic carbocycles. The Morgan fingerprint density at radius 1 is 1.47 bits per heavy atom. The zero-order valence-electron chi connectivity index (χ0n) is 8.46. The van der Waals surface area contributed by atoms with Gasteiger partial charge in [-0.15, -0.1) is 0 Å². The van der Waals surface area contributed by atoms with E-state index < -0.39 is 0 Å². The maximum Gasteiger partial charge on any atom is 0.125 e. The molecule has 0 saturated heterocycles. The number of rotatable bonds is 3. The summed E-state index contributed by atoms with van der Waals surface area (Å²) in [5.74, 6) is -0.250. The molecule has 1 aromatic rings. The molecular formula is C12H13FN2. The molecule has 1 saturated carbocycles. The van der Waals surface area contributed by atoms with Gasteiger partial charge in [0.25, 0.3) is 0 Å². The van der Waals surface area contributed by atoms with Crippen molar-refractivity contribution in [1.29, 1.82) is 5.26 Å². The van der Waals surface area contributed by atoms with Crippen molar-refractivity contribution in [2.45, 2.75) is 19.3 Å². The highest BCUT2D eigenvalue weighted by Gasteiger charge is 2.36. The highest BCUT2D eigenvalue weighted by molar-refractivity contribution is 5.43. The number of benzene rings is 1. The fraction of sp³-hybridized carbons (Fsp3) is 0.417. The van der Waals surface area contributed by atoms with Gasteiger partial charge < -0.3 is 5.32 Å². The van der Waals surface area contributed by atoms with Crippen molar-refractivity contribution >= 4 is 5.69 Å². The molecule has 1 aliphatic carbocycles. The van der Waals surface area contributed by atoms with Crippen LogP contribution in [0.1, 0.15) is 19.3 Å². The first-order valence-corrected chi connectivity index (χ1v) is 5.15. The number of halogens is 1. The van der Waals surface area contributed by atoms with Gasteiger partial charge in [-0.3, -0.25) is 0 Å². The van der Waals surface area contributed by atoms with Gasteiger partial charge >= 0.3 is 0 Å². The second-order valence-corrected chi connectivity index (χ2v) is 4.11. The van der Waals surface area contributed by atoms with Crippen molar-refractivity contribution in [2.24, 2.45) is 5.41 Å². The number of hydrogen-bond donors (Lipinski definition) is 1. The molecular weight excluding hydrogens is 191 g/mol. The first-order chi connectivity index (χ1) is 7.24. The van der Waals surface area contributed by atoms with Crippen LogP contribution >= 0.6 is 0 Å². The highest BCUT2D eigenvalue weighted by atomic mass is 19.1. The lowest BCUT2D eigenvalue weighted by Gasteiger charge is -2.35. The molecule has 1 N–H and O–H groups in total. The van der Waals surface area contributed by atoms with Crippen molar-refractivity contribution in [3.63, 3.8) is 0 Å². The van der Waals surface area contributed by atoms with Gasteiger partial charge in [-0.1, -0.05) is 12.5 Å². The summed E-state index contributed by atoms with van der Waals surface area (Å²) < 4.78 is 12.9. The molecule has 0 bridgehead atoms. The molecule has 78 valence electrons. The molecule has 15 heavy (non-hydrogen) atoms. The topological polar surface area (TPSA) is 35.8 Å². The van der Waals surface area contributed by atoms with E-state index in [4.69, 9.17) is 5.26 Å². The summed E-state index contributed by atoms with van der Waals surface area (Å²) in [5, 5.41) is 12.1. The van der Waals surface area contributed by atoms with E-state index >= 15 is 0 Å².